The Morgan fingerprint density at radius 2 is 2.25 bits per heavy atom. The molecule has 0 aromatic rings. The summed E-state index contributed by atoms with van der Waals surface area (Å²) in [5.41, 5.74) is 0. The molecule has 0 aliphatic rings. The van der Waals surface area contributed by atoms with Gasteiger partial charge in [0, 0.05) is 6.92 Å². The predicted octanol–water partition coefficient (Wildman–Crippen LogP) is 1.27. The van der Waals surface area contributed by atoms with E-state index in [9.17, 15) is 4.79 Å². The average Bonchev–Trinajstić information content (AvgIpc) is 2.01. The Bertz CT molecular complexity index is 170. The van der Waals surface area contributed by atoms with Crippen LogP contribution in [0.1, 0.15) is 26.7 Å². The summed E-state index contributed by atoms with van der Waals surface area (Å²) in [7, 11) is 1.52. The number of amides is 1. The Hall–Kier alpha value is -0.640. The maximum absolute atomic E-state index is 10.7. The van der Waals surface area contributed by atoms with E-state index in [4.69, 9.17) is 17.0 Å². The number of rotatable bonds is 4. The number of hydrogen-bond donors (Lipinski definition) is 1. The maximum atomic E-state index is 10.7. The molecule has 1 atom stereocenters. The van der Waals surface area contributed by atoms with Crippen LogP contribution < -0.4 is 5.32 Å². The highest BCUT2D eigenvalue weighted by molar-refractivity contribution is 7.80. The predicted molar refractivity (Wildman–Crippen MR) is 52.1 cm³/mol. The third-order valence-corrected chi connectivity index (χ3v) is 1.89. The summed E-state index contributed by atoms with van der Waals surface area (Å²) in [4.78, 5) is 10.7. The van der Waals surface area contributed by atoms with Gasteiger partial charge in [-0.15, -0.1) is 0 Å². The lowest BCUT2D eigenvalue weighted by atomic mass is 10.2. The highest BCUT2D eigenvalue weighted by Gasteiger charge is 2.14. The van der Waals surface area contributed by atoms with Gasteiger partial charge in [-0.2, -0.15) is 0 Å². The van der Waals surface area contributed by atoms with Gasteiger partial charge >= 0.3 is 0 Å². The van der Waals surface area contributed by atoms with Crippen LogP contribution in [0.5, 0.6) is 0 Å². The van der Waals surface area contributed by atoms with Crippen molar-refractivity contribution in [2.45, 2.75) is 32.7 Å². The van der Waals surface area contributed by atoms with Gasteiger partial charge in [0.2, 0.25) is 5.91 Å². The lowest BCUT2D eigenvalue weighted by Gasteiger charge is -2.16. The highest BCUT2D eigenvalue weighted by Crippen LogP contribution is 2.00. The molecule has 12 heavy (non-hydrogen) atoms. The van der Waals surface area contributed by atoms with Crippen molar-refractivity contribution in [2.24, 2.45) is 0 Å². The molecule has 0 aliphatic carbocycles. The second-order valence-corrected chi connectivity index (χ2v) is 2.97. The summed E-state index contributed by atoms with van der Waals surface area (Å²) in [5.74, 6) is -0.0761. The van der Waals surface area contributed by atoms with Crippen molar-refractivity contribution < 1.29 is 9.53 Å². The third-order valence-electron chi connectivity index (χ3n) is 1.44. The van der Waals surface area contributed by atoms with E-state index in [0.29, 0.717) is 5.05 Å². The molecule has 3 nitrogen and oxygen atoms in total. The van der Waals surface area contributed by atoms with E-state index in [1.165, 1.54) is 14.0 Å². The molecule has 0 aromatic carbocycles. The van der Waals surface area contributed by atoms with Crippen molar-refractivity contribution >= 4 is 23.2 Å². The molecule has 1 unspecified atom stereocenters. The number of methoxy groups -OCH3 is 1. The molecule has 0 heterocycles. The van der Waals surface area contributed by atoms with Crippen molar-refractivity contribution in [3.05, 3.63) is 0 Å². The van der Waals surface area contributed by atoms with E-state index in [1.54, 1.807) is 0 Å². The van der Waals surface area contributed by atoms with Crippen LogP contribution in [0.2, 0.25) is 0 Å². The first-order valence-corrected chi connectivity index (χ1v) is 4.37. The zero-order chi connectivity index (χ0) is 9.56. The summed E-state index contributed by atoms with van der Waals surface area (Å²) in [5, 5.41) is 3.18. The highest BCUT2D eigenvalue weighted by atomic mass is 32.1. The van der Waals surface area contributed by atoms with Gasteiger partial charge in [0.05, 0.1) is 13.2 Å². The van der Waals surface area contributed by atoms with Crippen molar-refractivity contribution in [1.82, 2.24) is 5.32 Å². The molecular formula is C8H15NO2S. The van der Waals surface area contributed by atoms with Crippen LogP contribution in [-0.4, -0.2) is 24.1 Å². The molecule has 0 bridgehead atoms. The summed E-state index contributed by atoms with van der Waals surface area (Å²) in [6.45, 7) is 3.51. The fourth-order valence-corrected chi connectivity index (χ4v) is 1.10. The largest absolute Gasteiger partial charge is 0.488 e. The lowest BCUT2D eigenvalue weighted by Crippen LogP contribution is -2.39. The van der Waals surface area contributed by atoms with Crippen LogP contribution in [0.25, 0.3) is 0 Å². The van der Waals surface area contributed by atoms with Gasteiger partial charge in [-0.05, 0) is 18.6 Å². The Morgan fingerprint density at radius 1 is 1.67 bits per heavy atom. The molecule has 70 valence electrons. The average molecular weight is 189 g/mol. The minimum Gasteiger partial charge on any atom is -0.488 e. The fraction of sp³-hybridized carbons (Fsp3) is 0.750. The molecule has 0 rings (SSSR count). The molecule has 0 saturated heterocycles. The summed E-state index contributed by atoms with van der Waals surface area (Å²) >= 11 is 4.92. The number of thiocarbonyl (C=S) groups is 1. The zero-order valence-electron chi connectivity index (χ0n) is 7.72. The number of carbonyl (C=O) groups excluding carboxylic acids is 1. The third kappa shape index (κ3) is 4.28. The minimum absolute atomic E-state index is 0.0761. The van der Waals surface area contributed by atoms with Crippen molar-refractivity contribution in [3.8, 4) is 0 Å². The Morgan fingerprint density at radius 3 is 2.58 bits per heavy atom. The van der Waals surface area contributed by atoms with Gasteiger partial charge in [-0.3, -0.25) is 4.79 Å². The molecule has 4 heteroatoms. The number of carbonyl (C=O) groups is 1. The Balaban J connectivity index is 4.02. The van der Waals surface area contributed by atoms with Crippen molar-refractivity contribution in [3.63, 3.8) is 0 Å². The Labute approximate surface area is 78.5 Å². The van der Waals surface area contributed by atoms with Gasteiger partial charge < -0.3 is 10.1 Å². The smallest absolute Gasteiger partial charge is 0.217 e. The molecular weight excluding hydrogens is 174 g/mol. The topological polar surface area (TPSA) is 38.3 Å². The molecule has 1 amide bonds. The molecule has 0 saturated carbocycles. The van der Waals surface area contributed by atoms with E-state index >= 15 is 0 Å². The van der Waals surface area contributed by atoms with E-state index in [-0.39, 0.29) is 11.9 Å². The maximum Gasteiger partial charge on any atom is 0.217 e. The van der Waals surface area contributed by atoms with Crippen LogP contribution in [0.15, 0.2) is 0 Å². The number of ether oxygens (including phenoxy) is 1. The van der Waals surface area contributed by atoms with Crippen LogP contribution in [0, 0.1) is 0 Å². The Kier molecular flexibility index (Phi) is 5.62. The first-order chi connectivity index (χ1) is 5.61. The van der Waals surface area contributed by atoms with Crippen LogP contribution >= 0.6 is 12.2 Å². The summed E-state index contributed by atoms with van der Waals surface area (Å²) in [6, 6.07) is -0.118. The van der Waals surface area contributed by atoms with Gasteiger partial charge in [0.1, 0.15) is 0 Å². The number of nitrogens with one attached hydrogen (secondary N) is 1. The van der Waals surface area contributed by atoms with Gasteiger partial charge in [-0.25, -0.2) is 0 Å². The van der Waals surface area contributed by atoms with Crippen molar-refractivity contribution in [1.29, 1.82) is 0 Å². The monoisotopic (exact) mass is 189 g/mol. The zero-order valence-corrected chi connectivity index (χ0v) is 8.53. The quantitative estimate of drug-likeness (QED) is 0.677. The minimum atomic E-state index is -0.118. The second kappa shape index (κ2) is 5.94. The molecule has 0 radical (unpaired) electrons. The first-order valence-electron chi connectivity index (χ1n) is 3.96. The van der Waals surface area contributed by atoms with Crippen LogP contribution in [0.3, 0.4) is 0 Å². The van der Waals surface area contributed by atoms with Crippen molar-refractivity contribution in [2.75, 3.05) is 7.11 Å². The summed E-state index contributed by atoms with van der Waals surface area (Å²) in [6.07, 6.45) is 1.79. The molecule has 0 aromatic heterocycles. The molecule has 0 aliphatic heterocycles. The molecule has 1 N–H and O–H groups in total. The normalized spacial score (nSPS) is 11.9. The molecule has 0 fully saturated rings. The van der Waals surface area contributed by atoms with E-state index in [0.717, 1.165) is 12.8 Å². The van der Waals surface area contributed by atoms with E-state index < -0.39 is 0 Å². The van der Waals surface area contributed by atoms with Crippen LogP contribution in [-0.2, 0) is 9.53 Å². The van der Waals surface area contributed by atoms with E-state index in [2.05, 4.69) is 5.32 Å². The van der Waals surface area contributed by atoms with Gasteiger partial charge in [0.25, 0.3) is 0 Å². The van der Waals surface area contributed by atoms with Gasteiger partial charge in [-0.1, -0.05) is 13.3 Å². The standard InChI is InChI=1S/C8H15NO2S/c1-4-5-7(8(12)11-3)9-6(2)10/h7H,4-5H2,1-3H3,(H,9,10). The summed E-state index contributed by atoms with van der Waals surface area (Å²) < 4.78 is 4.88. The molecule has 0 spiro atoms. The number of hydrogen-bond acceptors (Lipinski definition) is 3. The lowest BCUT2D eigenvalue weighted by molar-refractivity contribution is -0.119. The second-order valence-electron chi connectivity index (χ2n) is 2.56. The first kappa shape index (κ1) is 11.4. The fourth-order valence-electron chi connectivity index (χ4n) is 0.925. The van der Waals surface area contributed by atoms with E-state index in [1.807, 2.05) is 6.92 Å². The SMILES string of the molecule is CCCC(NC(C)=O)C(=S)OC. The van der Waals surface area contributed by atoms with Gasteiger partial charge in [0.15, 0.2) is 5.05 Å². The van der Waals surface area contributed by atoms with Crippen LogP contribution in [0.4, 0.5) is 0 Å².